The van der Waals surface area contributed by atoms with Crippen molar-refractivity contribution in [3.05, 3.63) is 78.1 Å². The summed E-state index contributed by atoms with van der Waals surface area (Å²) in [5.74, 6) is 0.226. The maximum Gasteiger partial charge on any atom is 0.124 e. The van der Waals surface area contributed by atoms with E-state index in [0.717, 1.165) is 22.0 Å². The minimum absolute atomic E-state index is 0.226. The summed E-state index contributed by atoms with van der Waals surface area (Å²) in [6.07, 6.45) is 3.46. The molecule has 19 heavy (non-hydrogen) atoms. The lowest BCUT2D eigenvalue weighted by Gasteiger charge is -2.03. The largest absolute Gasteiger partial charge is 0.507 e. The molecule has 0 bridgehead atoms. The molecule has 2 heteroatoms. The molecule has 0 unspecified atom stereocenters. The summed E-state index contributed by atoms with van der Waals surface area (Å²) in [6.45, 7) is 0. The highest BCUT2D eigenvalue weighted by Gasteiger charge is 2.02. The third-order valence-electron chi connectivity index (χ3n) is 3.05. The number of aromatic nitrogens is 1. The minimum atomic E-state index is 0.226. The van der Waals surface area contributed by atoms with Gasteiger partial charge in [-0.1, -0.05) is 54.6 Å². The van der Waals surface area contributed by atoms with E-state index in [1.165, 1.54) is 0 Å². The molecular formula is C17H13NO. The Hall–Kier alpha value is -2.61. The van der Waals surface area contributed by atoms with Crippen molar-refractivity contribution >= 4 is 22.6 Å². The Morgan fingerprint density at radius 2 is 1.63 bits per heavy atom. The maximum absolute atomic E-state index is 10.2. The number of nitrogens with zero attached hydrogens (tertiary/aromatic N) is 1. The van der Waals surface area contributed by atoms with E-state index in [1.807, 2.05) is 60.7 Å². The number of hydrogen-bond acceptors (Lipinski definition) is 2. The summed E-state index contributed by atoms with van der Waals surface area (Å²) in [5.41, 5.74) is 1.57. The second kappa shape index (κ2) is 4.94. The fraction of sp³-hybridized carbons (Fsp3) is 0. The fourth-order valence-corrected chi connectivity index (χ4v) is 2.08. The zero-order chi connectivity index (χ0) is 13.1. The summed E-state index contributed by atoms with van der Waals surface area (Å²) in [5, 5.41) is 12.3. The molecule has 1 heterocycles. The Morgan fingerprint density at radius 3 is 2.47 bits per heavy atom. The molecule has 0 aliphatic rings. The molecule has 0 saturated carbocycles. The second-order valence-electron chi connectivity index (χ2n) is 4.31. The molecule has 0 aliphatic carbocycles. The third-order valence-corrected chi connectivity index (χ3v) is 3.05. The molecular weight excluding hydrogens is 234 g/mol. The molecule has 92 valence electrons. The van der Waals surface area contributed by atoms with Gasteiger partial charge in [-0.3, -0.25) is 4.98 Å². The van der Waals surface area contributed by atoms with Gasteiger partial charge in [0.25, 0.3) is 0 Å². The first kappa shape index (κ1) is 11.5. The normalized spacial score (nSPS) is 11.7. The van der Waals surface area contributed by atoms with Gasteiger partial charge >= 0.3 is 0 Å². The van der Waals surface area contributed by atoms with Crippen LogP contribution in [-0.2, 0) is 0 Å². The number of pyridine rings is 1. The predicted octanol–water partition coefficient (Wildman–Crippen LogP) is 4.29. The van der Waals surface area contributed by atoms with Crippen molar-refractivity contribution < 1.29 is 5.11 Å². The van der Waals surface area contributed by atoms with Gasteiger partial charge in [0.05, 0.1) is 5.69 Å². The Morgan fingerprint density at radius 1 is 0.895 bits per heavy atom. The average molecular weight is 247 g/mol. The van der Waals surface area contributed by atoms with Crippen molar-refractivity contribution in [3.8, 4) is 0 Å². The van der Waals surface area contributed by atoms with Crippen LogP contribution in [0.2, 0.25) is 0 Å². The predicted molar refractivity (Wildman–Crippen MR) is 78.7 cm³/mol. The Kier molecular flexibility index (Phi) is 2.99. The van der Waals surface area contributed by atoms with E-state index in [1.54, 1.807) is 12.3 Å². The monoisotopic (exact) mass is 247 g/mol. The molecule has 2 aromatic carbocycles. The summed E-state index contributed by atoms with van der Waals surface area (Å²) < 4.78 is 0. The van der Waals surface area contributed by atoms with E-state index < -0.39 is 0 Å². The zero-order valence-electron chi connectivity index (χ0n) is 10.3. The van der Waals surface area contributed by atoms with Crippen LogP contribution in [-0.4, -0.2) is 10.1 Å². The molecule has 0 saturated heterocycles. The number of benzene rings is 2. The van der Waals surface area contributed by atoms with Crippen molar-refractivity contribution in [2.45, 2.75) is 0 Å². The molecule has 1 N–H and O–H groups in total. The molecule has 3 aromatic rings. The topological polar surface area (TPSA) is 33.1 Å². The minimum Gasteiger partial charge on any atom is -0.507 e. The highest BCUT2D eigenvalue weighted by atomic mass is 16.3. The Labute approximate surface area is 111 Å². The molecule has 2 nitrogen and oxygen atoms in total. The Bertz CT molecular complexity index is 727. The van der Waals surface area contributed by atoms with Gasteiger partial charge in [-0.2, -0.15) is 0 Å². The van der Waals surface area contributed by atoms with E-state index in [-0.39, 0.29) is 5.76 Å². The van der Waals surface area contributed by atoms with Crippen molar-refractivity contribution in [2.75, 3.05) is 0 Å². The number of rotatable bonds is 2. The van der Waals surface area contributed by atoms with Gasteiger partial charge < -0.3 is 5.11 Å². The van der Waals surface area contributed by atoms with Gasteiger partial charge in [0.1, 0.15) is 5.76 Å². The lowest BCUT2D eigenvalue weighted by atomic mass is 10.1. The quantitative estimate of drug-likeness (QED) is 0.685. The van der Waals surface area contributed by atoms with Gasteiger partial charge in [0.15, 0.2) is 0 Å². The van der Waals surface area contributed by atoms with Gasteiger partial charge in [-0.15, -0.1) is 0 Å². The van der Waals surface area contributed by atoms with Crippen LogP contribution < -0.4 is 0 Å². The molecule has 0 atom stereocenters. The highest BCUT2D eigenvalue weighted by Crippen LogP contribution is 2.21. The first-order valence-electron chi connectivity index (χ1n) is 6.14. The van der Waals surface area contributed by atoms with Gasteiger partial charge in [0, 0.05) is 23.2 Å². The van der Waals surface area contributed by atoms with Gasteiger partial charge in [-0.25, -0.2) is 0 Å². The van der Waals surface area contributed by atoms with Crippen LogP contribution in [0, 0.1) is 0 Å². The molecule has 0 spiro atoms. The number of aliphatic hydroxyl groups excluding tert-OH is 1. The third kappa shape index (κ3) is 2.33. The van der Waals surface area contributed by atoms with Crippen LogP contribution in [0.5, 0.6) is 0 Å². The molecule has 1 aromatic heterocycles. The number of fused-ring (bicyclic) bond motifs is 1. The summed E-state index contributed by atoms with van der Waals surface area (Å²) in [7, 11) is 0. The van der Waals surface area contributed by atoms with E-state index in [9.17, 15) is 5.11 Å². The summed E-state index contributed by atoms with van der Waals surface area (Å²) in [6, 6.07) is 19.4. The number of aliphatic hydroxyl groups is 1. The van der Waals surface area contributed by atoms with Crippen LogP contribution >= 0.6 is 0 Å². The van der Waals surface area contributed by atoms with Crippen LogP contribution in [0.3, 0.4) is 0 Å². The summed E-state index contributed by atoms with van der Waals surface area (Å²) >= 11 is 0. The second-order valence-corrected chi connectivity index (χ2v) is 4.31. The van der Waals surface area contributed by atoms with Crippen molar-refractivity contribution in [2.24, 2.45) is 0 Å². The molecule has 0 amide bonds. The van der Waals surface area contributed by atoms with Crippen LogP contribution in [0.25, 0.3) is 22.6 Å². The van der Waals surface area contributed by atoms with Crippen LogP contribution in [0.1, 0.15) is 11.3 Å². The van der Waals surface area contributed by atoms with Crippen molar-refractivity contribution in [1.82, 2.24) is 4.98 Å². The van der Waals surface area contributed by atoms with E-state index in [4.69, 9.17) is 0 Å². The zero-order valence-corrected chi connectivity index (χ0v) is 10.3. The highest BCUT2D eigenvalue weighted by molar-refractivity contribution is 5.92. The van der Waals surface area contributed by atoms with Crippen molar-refractivity contribution in [3.63, 3.8) is 0 Å². The maximum atomic E-state index is 10.2. The molecule has 3 rings (SSSR count). The molecule has 0 aliphatic heterocycles. The van der Waals surface area contributed by atoms with Crippen LogP contribution in [0.15, 0.2) is 66.9 Å². The van der Waals surface area contributed by atoms with E-state index in [2.05, 4.69) is 4.98 Å². The summed E-state index contributed by atoms with van der Waals surface area (Å²) in [4.78, 5) is 4.34. The van der Waals surface area contributed by atoms with Gasteiger partial charge in [0.2, 0.25) is 0 Å². The Balaban J connectivity index is 2.11. The fourth-order valence-electron chi connectivity index (χ4n) is 2.08. The smallest absolute Gasteiger partial charge is 0.124 e. The molecule has 0 radical (unpaired) electrons. The van der Waals surface area contributed by atoms with Gasteiger partial charge in [-0.05, 0) is 11.5 Å². The van der Waals surface area contributed by atoms with E-state index >= 15 is 0 Å². The van der Waals surface area contributed by atoms with Crippen molar-refractivity contribution in [1.29, 1.82) is 0 Å². The standard InChI is InChI=1S/C17H13NO/c19-17(14-7-2-1-3-8-14)12-16-15-9-5-4-6-13(15)10-11-18-16/h1-12,19H. The lowest BCUT2D eigenvalue weighted by molar-refractivity contribution is 0.515. The lowest BCUT2D eigenvalue weighted by Crippen LogP contribution is -1.87. The average Bonchev–Trinajstić information content (AvgIpc) is 2.48. The first-order chi connectivity index (χ1) is 9.34. The number of hydrogen-bond donors (Lipinski definition) is 1. The van der Waals surface area contributed by atoms with Crippen LogP contribution in [0.4, 0.5) is 0 Å². The van der Waals surface area contributed by atoms with E-state index in [0.29, 0.717) is 0 Å². The SMILES string of the molecule is OC(=Cc1nccc2ccccc12)c1ccccc1. The first-order valence-corrected chi connectivity index (χ1v) is 6.14. The molecule has 0 fully saturated rings.